The summed E-state index contributed by atoms with van der Waals surface area (Å²) in [5.74, 6) is -0.638. The summed E-state index contributed by atoms with van der Waals surface area (Å²) in [6.45, 7) is 1.38. The molecular weight excluding hydrogens is 213 g/mol. The first-order chi connectivity index (χ1) is 5.11. The predicted molar refractivity (Wildman–Crippen MR) is 41.9 cm³/mol. The highest BCUT2D eigenvalue weighted by Gasteiger charge is 2.04. The van der Waals surface area contributed by atoms with Crippen molar-refractivity contribution in [3.63, 3.8) is 0 Å². The first-order valence-corrected chi connectivity index (χ1v) is 3.72. The molecule has 0 aliphatic rings. The molecule has 0 aromatic carbocycles. The van der Waals surface area contributed by atoms with E-state index >= 15 is 0 Å². The summed E-state index contributed by atoms with van der Waals surface area (Å²) in [5.41, 5.74) is 0.262. The number of carbonyl (C=O) groups excluding carboxylic acids is 1. The maximum Gasteiger partial charge on any atom is 0.178 e. The Kier molecular flexibility index (Phi) is 2.34. The fourth-order valence-electron chi connectivity index (χ4n) is 0.607. The lowest BCUT2D eigenvalue weighted by molar-refractivity contribution is 0.101. The number of nitrogens with zero attached hydrogens (tertiary/aromatic N) is 1. The van der Waals surface area contributed by atoms with Crippen LogP contribution in [0.4, 0.5) is 4.39 Å². The van der Waals surface area contributed by atoms with Crippen LogP contribution >= 0.6 is 15.9 Å². The zero-order chi connectivity index (χ0) is 8.43. The van der Waals surface area contributed by atoms with Crippen molar-refractivity contribution in [2.75, 3.05) is 0 Å². The van der Waals surface area contributed by atoms with Crippen LogP contribution in [0.3, 0.4) is 0 Å². The Hall–Kier alpha value is -0.770. The Labute approximate surface area is 71.6 Å². The van der Waals surface area contributed by atoms with E-state index in [4.69, 9.17) is 0 Å². The van der Waals surface area contributed by atoms with Crippen molar-refractivity contribution in [1.29, 1.82) is 0 Å². The van der Waals surface area contributed by atoms with Crippen molar-refractivity contribution in [2.45, 2.75) is 6.92 Å². The van der Waals surface area contributed by atoms with E-state index in [0.717, 1.165) is 6.20 Å². The van der Waals surface area contributed by atoms with E-state index in [9.17, 15) is 9.18 Å². The van der Waals surface area contributed by atoms with Crippen LogP contribution in [-0.2, 0) is 0 Å². The maximum atomic E-state index is 12.5. The summed E-state index contributed by atoms with van der Waals surface area (Å²) in [7, 11) is 0. The third-order valence-corrected chi connectivity index (χ3v) is 1.78. The molecule has 58 valence electrons. The fourth-order valence-corrected chi connectivity index (χ4v) is 0.926. The van der Waals surface area contributed by atoms with E-state index in [2.05, 4.69) is 20.9 Å². The van der Waals surface area contributed by atoms with Gasteiger partial charge in [0.25, 0.3) is 0 Å². The molecule has 1 aromatic heterocycles. The lowest BCUT2D eigenvalue weighted by atomic mass is 10.3. The molecule has 1 heterocycles. The number of carbonyl (C=O) groups is 1. The predicted octanol–water partition coefficient (Wildman–Crippen LogP) is 2.19. The molecule has 11 heavy (non-hydrogen) atoms. The van der Waals surface area contributed by atoms with Crippen LogP contribution in [0.2, 0.25) is 0 Å². The Morgan fingerprint density at radius 2 is 2.36 bits per heavy atom. The average molecular weight is 218 g/mol. The molecule has 0 amide bonds. The minimum Gasteiger partial charge on any atom is -0.293 e. The first-order valence-electron chi connectivity index (χ1n) is 2.93. The molecule has 1 rings (SSSR count). The Balaban J connectivity index is 3.15. The van der Waals surface area contributed by atoms with E-state index in [1.54, 1.807) is 0 Å². The quantitative estimate of drug-likeness (QED) is 0.676. The number of halogens is 2. The van der Waals surface area contributed by atoms with E-state index in [-0.39, 0.29) is 15.9 Å². The highest BCUT2D eigenvalue weighted by molar-refractivity contribution is 9.10. The minimum absolute atomic E-state index is 0.175. The number of aromatic nitrogens is 1. The fraction of sp³-hybridized carbons (Fsp3) is 0.143. The molecule has 0 spiro atoms. The van der Waals surface area contributed by atoms with Crippen molar-refractivity contribution in [2.24, 2.45) is 0 Å². The van der Waals surface area contributed by atoms with Crippen molar-refractivity contribution < 1.29 is 9.18 Å². The van der Waals surface area contributed by atoms with Crippen LogP contribution in [0.15, 0.2) is 16.7 Å². The molecular formula is C7H5BrFNO. The van der Waals surface area contributed by atoms with Crippen LogP contribution in [0.1, 0.15) is 17.4 Å². The topological polar surface area (TPSA) is 30.0 Å². The molecule has 2 nitrogen and oxygen atoms in total. The standard InChI is InChI=1S/C7H5BrFNO/c1-4(11)7-2-5(8)6(9)3-10-7/h2-3H,1H3. The maximum absolute atomic E-state index is 12.5. The molecule has 4 heteroatoms. The zero-order valence-corrected chi connectivity index (χ0v) is 7.35. The SMILES string of the molecule is CC(=O)c1cc(Br)c(F)cn1. The minimum atomic E-state index is -0.463. The van der Waals surface area contributed by atoms with Crippen molar-refractivity contribution >= 4 is 21.7 Å². The second-order valence-corrected chi connectivity index (χ2v) is 2.89. The third-order valence-electron chi connectivity index (χ3n) is 1.17. The first kappa shape index (κ1) is 8.33. The van der Waals surface area contributed by atoms with Crippen LogP contribution in [0, 0.1) is 5.82 Å². The number of pyridine rings is 1. The lowest BCUT2D eigenvalue weighted by Gasteiger charge is -1.95. The lowest BCUT2D eigenvalue weighted by Crippen LogP contribution is -1.96. The van der Waals surface area contributed by atoms with Crippen LogP contribution in [0.25, 0.3) is 0 Å². The highest BCUT2D eigenvalue weighted by Crippen LogP contribution is 2.14. The molecule has 0 N–H and O–H groups in total. The molecule has 0 unspecified atom stereocenters. The number of hydrogen-bond donors (Lipinski definition) is 0. The van der Waals surface area contributed by atoms with E-state index in [1.807, 2.05) is 0 Å². The Bertz CT molecular complexity index is 300. The van der Waals surface area contributed by atoms with Gasteiger partial charge in [0, 0.05) is 6.92 Å². The van der Waals surface area contributed by atoms with Gasteiger partial charge in [-0.15, -0.1) is 0 Å². The summed E-state index contributed by atoms with van der Waals surface area (Å²) in [6.07, 6.45) is 1.01. The van der Waals surface area contributed by atoms with Crippen molar-refractivity contribution in [3.8, 4) is 0 Å². The normalized spacial score (nSPS) is 9.73. The largest absolute Gasteiger partial charge is 0.293 e. The molecule has 0 aliphatic carbocycles. The second-order valence-electron chi connectivity index (χ2n) is 2.04. The number of Topliss-reactive ketones (excluding diaryl/α,β-unsaturated/α-hetero) is 1. The molecule has 0 fully saturated rings. The average Bonchev–Trinajstić information content (AvgIpc) is 1.94. The van der Waals surface area contributed by atoms with E-state index in [0.29, 0.717) is 0 Å². The van der Waals surface area contributed by atoms with Gasteiger partial charge < -0.3 is 0 Å². The Morgan fingerprint density at radius 3 is 2.82 bits per heavy atom. The van der Waals surface area contributed by atoms with Gasteiger partial charge in [-0.2, -0.15) is 0 Å². The zero-order valence-electron chi connectivity index (χ0n) is 5.77. The van der Waals surface area contributed by atoms with Gasteiger partial charge in [0.1, 0.15) is 5.69 Å². The van der Waals surface area contributed by atoms with Crippen molar-refractivity contribution in [3.05, 3.63) is 28.2 Å². The summed E-state index contributed by atoms with van der Waals surface area (Å²) in [4.78, 5) is 14.3. The van der Waals surface area contributed by atoms with Gasteiger partial charge in [-0.05, 0) is 22.0 Å². The molecule has 0 aliphatic heterocycles. The highest BCUT2D eigenvalue weighted by atomic mass is 79.9. The summed E-state index contributed by atoms with van der Waals surface area (Å²) < 4.78 is 12.8. The number of ketones is 1. The molecule has 0 bridgehead atoms. The molecule has 1 aromatic rings. The van der Waals surface area contributed by atoms with Crippen LogP contribution < -0.4 is 0 Å². The summed E-state index contributed by atoms with van der Waals surface area (Å²) >= 11 is 2.95. The van der Waals surface area contributed by atoms with Gasteiger partial charge in [-0.3, -0.25) is 9.78 Å². The van der Waals surface area contributed by atoms with E-state index < -0.39 is 5.82 Å². The van der Waals surface area contributed by atoms with Crippen molar-refractivity contribution in [1.82, 2.24) is 4.98 Å². The van der Waals surface area contributed by atoms with Gasteiger partial charge in [0.15, 0.2) is 11.6 Å². The van der Waals surface area contributed by atoms with Crippen LogP contribution in [0.5, 0.6) is 0 Å². The van der Waals surface area contributed by atoms with Gasteiger partial charge in [0.05, 0.1) is 10.7 Å². The number of rotatable bonds is 1. The molecule has 0 saturated carbocycles. The monoisotopic (exact) mass is 217 g/mol. The van der Waals surface area contributed by atoms with Gasteiger partial charge >= 0.3 is 0 Å². The summed E-state index contributed by atoms with van der Waals surface area (Å²) in [6, 6.07) is 1.36. The molecule has 0 atom stereocenters. The number of hydrogen-bond acceptors (Lipinski definition) is 2. The summed E-state index contributed by atoms with van der Waals surface area (Å²) in [5, 5.41) is 0. The Morgan fingerprint density at radius 1 is 1.73 bits per heavy atom. The van der Waals surface area contributed by atoms with Gasteiger partial charge in [-0.25, -0.2) is 4.39 Å². The smallest absolute Gasteiger partial charge is 0.178 e. The van der Waals surface area contributed by atoms with Gasteiger partial charge in [-0.1, -0.05) is 0 Å². The van der Waals surface area contributed by atoms with E-state index in [1.165, 1.54) is 13.0 Å². The van der Waals surface area contributed by atoms with Crippen LogP contribution in [-0.4, -0.2) is 10.8 Å². The second kappa shape index (κ2) is 3.09. The third kappa shape index (κ3) is 1.83. The molecule has 0 saturated heterocycles. The van der Waals surface area contributed by atoms with Gasteiger partial charge in [0.2, 0.25) is 0 Å². The molecule has 0 radical (unpaired) electrons.